The molecule has 0 amide bonds. The number of non-ortho nitro benzene ring substituents is 1. The average molecular weight is 376 g/mol. The number of hydrogen-bond acceptors (Lipinski definition) is 6. The van der Waals surface area contributed by atoms with Gasteiger partial charge in [0.05, 0.1) is 34.7 Å². The van der Waals surface area contributed by atoms with Gasteiger partial charge >= 0.3 is 5.97 Å². The van der Waals surface area contributed by atoms with E-state index in [1.165, 1.54) is 49.6 Å². The molecule has 0 aliphatic rings. The van der Waals surface area contributed by atoms with E-state index in [2.05, 4.69) is 11.3 Å². The molecule has 0 spiro atoms. The molecule has 0 atom stereocenters. The molecule has 2 aromatic carbocycles. The number of nitro benzene ring substituents is 1. The van der Waals surface area contributed by atoms with Gasteiger partial charge in [0.1, 0.15) is 0 Å². The molecule has 8 nitrogen and oxygen atoms in total. The van der Waals surface area contributed by atoms with Crippen molar-refractivity contribution in [3.63, 3.8) is 0 Å². The summed E-state index contributed by atoms with van der Waals surface area (Å²) in [7, 11) is -2.72. The van der Waals surface area contributed by atoms with E-state index in [9.17, 15) is 23.3 Å². The fourth-order valence-corrected chi connectivity index (χ4v) is 3.64. The lowest BCUT2D eigenvalue weighted by Crippen LogP contribution is -2.31. The maximum atomic E-state index is 12.9. The summed E-state index contributed by atoms with van der Waals surface area (Å²) in [5.74, 6) is -0.537. The molecular formula is C17H16N2O6S. The van der Waals surface area contributed by atoms with Crippen LogP contribution in [0.2, 0.25) is 0 Å². The highest BCUT2D eigenvalue weighted by atomic mass is 32.2. The van der Waals surface area contributed by atoms with Gasteiger partial charge in [0.25, 0.3) is 15.7 Å². The number of methoxy groups -OCH3 is 1. The van der Waals surface area contributed by atoms with Crippen LogP contribution in [0, 0.1) is 10.1 Å². The molecule has 2 aromatic rings. The van der Waals surface area contributed by atoms with Crippen LogP contribution in [0.3, 0.4) is 0 Å². The van der Waals surface area contributed by atoms with Crippen LogP contribution >= 0.6 is 0 Å². The number of nitro groups is 1. The highest BCUT2D eigenvalue weighted by Gasteiger charge is 2.25. The fourth-order valence-electron chi connectivity index (χ4n) is 2.21. The number of anilines is 1. The molecule has 0 unspecified atom stereocenters. The number of benzene rings is 2. The van der Waals surface area contributed by atoms with Crippen LogP contribution in [0.25, 0.3) is 0 Å². The summed E-state index contributed by atoms with van der Waals surface area (Å²) in [6, 6.07) is 10.4. The Morgan fingerprint density at radius 3 is 2.23 bits per heavy atom. The number of ether oxygens (including phenoxy) is 1. The van der Waals surface area contributed by atoms with Gasteiger partial charge in [-0.15, -0.1) is 6.58 Å². The molecule has 9 heteroatoms. The highest BCUT2D eigenvalue weighted by Crippen LogP contribution is 2.25. The number of rotatable bonds is 7. The van der Waals surface area contributed by atoms with E-state index in [-0.39, 0.29) is 22.7 Å². The Balaban J connectivity index is 2.42. The molecule has 26 heavy (non-hydrogen) atoms. The van der Waals surface area contributed by atoms with Crippen molar-refractivity contribution in [2.45, 2.75) is 4.90 Å². The molecule has 0 radical (unpaired) electrons. The van der Waals surface area contributed by atoms with Crippen molar-refractivity contribution in [1.82, 2.24) is 0 Å². The second-order valence-corrected chi connectivity index (χ2v) is 6.98. The van der Waals surface area contributed by atoms with Crippen LogP contribution in [0.15, 0.2) is 66.1 Å². The minimum absolute atomic E-state index is 0.0170. The van der Waals surface area contributed by atoms with Gasteiger partial charge in [-0.1, -0.05) is 6.08 Å². The summed E-state index contributed by atoms with van der Waals surface area (Å²) in [6.45, 7) is 3.54. The normalized spacial score (nSPS) is 10.8. The molecule has 136 valence electrons. The number of carbonyl (C=O) groups is 1. The molecule has 0 aliphatic carbocycles. The van der Waals surface area contributed by atoms with Gasteiger partial charge in [-0.25, -0.2) is 13.2 Å². The first-order valence-corrected chi connectivity index (χ1v) is 8.81. The van der Waals surface area contributed by atoms with Crippen LogP contribution in [-0.2, 0) is 14.8 Å². The van der Waals surface area contributed by atoms with Crippen molar-refractivity contribution in [2.75, 3.05) is 18.0 Å². The van der Waals surface area contributed by atoms with Crippen LogP contribution in [0.4, 0.5) is 11.4 Å². The number of nitrogens with zero attached hydrogens (tertiary/aromatic N) is 2. The van der Waals surface area contributed by atoms with Crippen molar-refractivity contribution < 1.29 is 22.9 Å². The Kier molecular flexibility index (Phi) is 5.73. The Morgan fingerprint density at radius 2 is 1.77 bits per heavy atom. The Hall–Kier alpha value is -3.20. The van der Waals surface area contributed by atoms with Crippen LogP contribution < -0.4 is 4.31 Å². The van der Waals surface area contributed by atoms with E-state index >= 15 is 0 Å². The van der Waals surface area contributed by atoms with Crippen LogP contribution in [0.1, 0.15) is 10.4 Å². The maximum Gasteiger partial charge on any atom is 0.337 e. The summed E-state index contributed by atoms with van der Waals surface area (Å²) < 4.78 is 31.5. The van der Waals surface area contributed by atoms with E-state index in [4.69, 9.17) is 0 Å². The lowest BCUT2D eigenvalue weighted by Gasteiger charge is -2.23. The van der Waals surface area contributed by atoms with Gasteiger partial charge in [0.2, 0.25) is 0 Å². The molecular weight excluding hydrogens is 360 g/mol. The Morgan fingerprint density at radius 1 is 1.19 bits per heavy atom. The molecule has 2 rings (SSSR count). The van der Waals surface area contributed by atoms with E-state index < -0.39 is 20.9 Å². The fraction of sp³-hybridized carbons (Fsp3) is 0.118. The summed E-state index contributed by atoms with van der Waals surface area (Å²) in [5, 5.41) is 10.7. The predicted molar refractivity (Wildman–Crippen MR) is 95.6 cm³/mol. The second-order valence-electron chi connectivity index (χ2n) is 5.11. The van der Waals surface area contributed by atoms with Gasteiger partial charge < -0.3 is 4.74 Å². The van der Waals surface area contributed by atoms with Crippen LogP contribution in [-0.4, -0.2) is 33.0 Å². The zero-order valence-corrected chi connectivity index (χ0v) is 14.7. The van der Waals surface area contributed by atoms with Gasteiger partial charge in [-0.05, 0) is 36.4 Å². The van der Waals surface area contributed by atoms with Gasteiger partial charge in [0.15, 0.2) is 0 Å². The number of sulfonamides is 1. The van der Waals surface area contributed by atoms with Crippen molar-refractivity contribution >= 4 is 27.4 Å². The summed E-state index contributed by atoms with van der Waals surface area (Å²) in [5.41, 5.74) is 0.389. The number of carbonyl (C=O) groups excluding carboxylic acids is 1. The molecule has 0 heterocycles. The predicted octanol–water partition coefficient (Wildman–Crippen LogP) is 2.76. The molecule has 0 saturated carbocycles. The first-order chi connectivity index (χ1) is 12.3. The monoisotopic (exact) mass is 376 g/mol. The lowest BCUT2D eigenvalue weighted by molar-refractivity contribution is -0.384. The molecule has 0 fully saturated rings. The van der Waals surface area contributed by atoms with E-state index in [0.717, 1.165) is 16.4 Å². The van der Waals surface area contributed by atoms with Crippen molar-refractivity contribution in [3.8, 4) is 0 Å². The quantitative estimate of drug-likeness (QED) is 0.318. The molecule has 0 saturated heterocycles. The van der Waals surface area contributed by atoms with Crippen molar-refractivity contribution in [2.24, 2.45) is 0 Å². The Labute approximate surface area is 150 Å². The third-order valence-corrected chi connectivity index (χ3v) is 5.31. The van der Waals surface area contributed by atoms with E-state index in [1.807, 2.05) is 0 Å². The number of esters is 1. The zero-order chi connectivity index (χ0) is 19.3. The molecule has 0 aromatic heterocycles. The third kappa shape index (κ3) is 3.89. The van der Waals surface area contributed by atoms with Gasteiger partial charge in [-0.2, -0.15) is 0 Å². The first kappa shape index (κ1) is 19.1. The minimum atomic E-state index is -3.97. The third-order valence-electron chi connectivity index (χ3n) is 3.51. The SMILES string of the molecule is C=CCN(c1ccc(C(=O)OC)cc1)S(=O)(=O)c1ccc([N+](=O)[O-])cc1. The first-order valence-electron chi connectivity index (χ1n) is 7.37. The zero-order valence-electron chi connectivity index (χ0n) is 13.9. The molecule has 0 N–H and O–H groups in total. The molecule has 0 aliphatic heterocycles. The van der Waals surface area contributed by atoms with Crippen LogP contribution in [0.5, 0.6) is 0 Å². The van der Waals surface area contributed by atoms with Gasteiger partial charge in [-0.3, -0.25) is 14.4 Å². The van der Waals surface area contributed by atoms with Gasteiger partial charge in [0, 0.05) is 12.1 Å². The van der Waals surface area contributed by atoms with E-state index in [0.29, 0.717) is 5.69 Å². The standard InChI is InChI=1S/C17H16N2O6S/c1-3-12-18(14-6-4-13(5-7-14)17(20)25-2)26(23,24)16-10-8-15(9-11-16)19(21)22/h3-11H,1,12H2,2H3. The summed E-state index contributed by atoms with van der Waals surface area (Å²) in [4.78, 5) is 21.5. The number of hydrogen-bond donors (Lipinski definition) is 0. The summed E-state index contributed by atoms with van der Waals surface area (Å²) >= 11 is 0. The van der Waals surface area contributed by atoms with E-state index in [1.54, 1.807) is 0 Å². The molecule has 0 bridgehead atoms. The second kappa shape index (κ2) is 7.79. The average Bonchev–Trinajstić information content (AvgIpc) is 2.65. The highest BCUT2D eigenvalue weighted by molar-refractivity contribution is 7.92. The largest absolute Gasteiger partial charge is 0.465 e. The minimum Gasteiger partial charge on any atom is -0.465 e. The van der Waals surface area contributed by atoms with Crippen molar-refractivity contribution in [3.05, 3.63) is 76.9 Å². The smallest absolute Gasteiger partial charge is 0.337 e. The summed E-state index contributed by atoms with van der Waals surface area (Å²) in [6.07, 6.45) is 1.41. The lowest BCUT2D eigenvalue weighted by atomic mass is 10.2. The Bertz CT molecular complexity index is 921. The maximum absolute atomic E-state index is 12.9. The topological polar surface area (TPSA) is 107 Å². The van der Waals surface area contributed by atoms with Crippen molar-refractivity contribution in [1.29, 1.82) is 0 Å².